The van der Waals surface area contributed by atoms with Gasteiger partial charge in [-0.3, -0.25) is 4.79 Å². The molecule has 0 bridgehead atoms. The molecule has 10 heteroatoms. The Morgan fingerprint density at radius 2 is 1.62 bits per heavy atom. The lowest BCUT2D eigenvalue weighted by atomic mass is 9.98. The third kappa shape index (κ3) is 8.31. The molecule has 5 nitrogen and oxygen atoms in total. The number of hydrogen-bond acceptors (Lipinski definition) is 3. The zero-order chi connectivity index (χ0) is 27.3. The smallest absolute Gasteiger partial charge is 0.405 e. The minimum absolute atomic E-state index is 0.0527. The zero-order valence-corrected chi connectivity index (χ0v) is 22.0. The number of hydrogen-bond donors (Lipinski definition) is 2. The van der Waals surface area contributed by atoms with E-state index in [1.807, 2.05) is 13.8 Å². The van der Waals surface area contributed by atoms with Gasteiger partial charge >= 0.3 is 6.36 Å². The van der Waals surface area contributed by atoms with Gasteiger partial charge < -0.3 is 14.6 Å². The van der Waals surface area contributed by atoms with E-state index in [0.29, 0.717) is 34.4 Å². The molecule has 3 rings (SSSR count). The Hall–Kier alpha value is -2.88. The third-order valence-electron chi connectivity index (χ3n) is 5.57. The lowest BCUT2D eigenvalue weighted by molar-refractivity contribution is -0.274. The van der Waals surface area contributed by atoms with Crippen LogP contribution in [0.15, 0.2) is 60.7 Å². The largest absolute Gasteiger partial charge is 0.573 e. The molecule has 2 atom stereocenters. The van der Waals surface area contributed by atoms with E-state index in [0.717, 1.165) is 0 Å². The van der Waals surface area contributed by atoms with Crippen molar-refractivity contribution in [1.29, 1.82) is 0 Å². The lowest BCUT2D eigenvalue weighted by Crippen LogP contribution is -2.18. The van der Waals surface area contributed by atoms with Crippen LogP contribution in [-0.2, 0) is 28.7 Å². The van der Waals surface area contributed by atoms with Crippen molar-refractivity contribution in [1.82, 2.24) is 0 Å². The summed E-state index contributed by atoms with van der Waals surface area (Å²) >= 11 is 4.42. The van der Waals surface area contributed by atoms with Crippen molar-refractivity contribution in [2.24, 2.45) is 5.92 Å². The van der Waals surface area contributed by atoms with Crippen LogP contribution in [0.25, 0.3) is 11.1 Å². The topological polar surface area (TPSA) is 75.6 Å². The predicted octanol–water partition coefficient (Wildman–Crippen LogP) is 7.57. The summed E-state index contributed by atoms with van der Waals surface area (Å²) in [5.41, 5.74) is 3.00. The van der Waals surface area contributed by atoms with E-state index in [4.69, 9.17) is 11.6 Å². The molecular weight excluding hydrogens is 527 g/mol. The first kappa shape index (κ1) is 28.7. The van der Waals surface area contributed by atoms with E-state index in [1.54, 1.807) is 49.4 Å². The molecule has 2 unspecified atom stereocenters. The molecule has 198 valence electrons. The van der Waals surface area contributed by atoms with Gasteiger partial charge in [-0.15, -0.1) is 13.2 Å². The normalized spacial score (nSPS) is 13.3. The number of benzene rings is 3. The summed E-state index contributed by atoms with van der Waals surface area (Å²) in [5.74, 6) is -0.412. The Balaban J connectivity index is 1.77. The molecule has 0 aromatic heterocycles. The van der Waals surface area contributed by atoms with E-state index in [-0.39, 0.29) is 34.6 Å². The van der Waals surface area contributed by atoms with Crippen LogP contribution in [0.3, 0.4) is 0 Å². The SMILES string of the molecule is CC(C)Cc1ccc(-c2ccc(NC(=O)Cc3ccc(C(C)S(=O)O)cc3)cc2Cl)c(OC(F)(F)F)c1. The van der Waals surface area contributed by atoms with Crippen LogP contribution in [0.2, 0.25) is 5.02 Å². The van der Waals surface area contributed by atoms with Gasteiger partial charge in [0.05, 0.1) is 16.7 Å². The Kier molecular flexibility index (Phi) is 9.39. The zero-order valence-electron chi connectivity index (χ0n) is 20.4. The summed E-state index contributed by atoms with van der Waals surface area (Å²) in [5, 5.41) is 2.33. The third-order valence-corrected chi connectivity index (χ3v) is 6.76. The highest BCUT2D eigenvalue weighted by Crippen LogP contribution is 2.39. The summed E-state index contributed by atoms with van der Waals surface area (Å²) in [4.78, 5) is 12.5. The highest BCUT2D eigenvalue weighted by atomic mass is 35.5. The van der Waals surface area contributed by atoms with Crippen LogP contribution in [0.1, 0.15) is 42.7 Å². The maximum Gasteiger partial charge on any atom is 0.573 e. The quantitative estimate of drug-likeness (QED) is 0.268. The standard InChI is InChI=1S/C27H27ClF3NO4S/c1-16(2)12-19-6-10-23(25(13-19)36-27(29,30)31)22-11-9-21(15-24(22)28)32-26(33)14-18-4-7-20(8-5-18)17(3)37(34)35/h4-11,13,15-17H,12,14H2,1-3H3,(H,32,33)(H,34,35). The fraction of sp³-hybridized carbons (Fsp3) is 0.296. The first-order valence-corrected chi connectivity index (χ1v) is 13.0. The van der Waals surface area contributed by atoms with Gasteiger partial charge in [0.1, 0.15) is 5.75 Å². The summed E-state index contributed by atoms with van der Waals surface area (Å²) in [6.45, 7) is 5.57. The number of rotatable bonds is 9. The maximum absolute atomic E-state index is 13.1. The summed E-state index contributed by atoms with van der Waals surface area (Å²) in [6, 6.07) is 16.0. The molecule has 0 radical (unpaired) electrons. The molecule has 3 aromatic carbocycles. The number of halogens is 4. The molecule has 2 N–H and O–H groups in total. The van der Waals surface area contributed by atoms with Gasteiger partial charge in [-0.25, -0.2) is 4.21 Å². The van der Waals surface area contributed by atoms with Gasteiger partial charge in [-0.2, -0.15) is 0 Å². The molecule has 0 spiro atoms. The second-order valence-corrected chi connectivity index (χ2v) is 10.7. The van der Waals surface area contributed by atoms with Crippen LogP contribution < -0.4 is 10.1 Å². The number of carbonyl (C=O) groups excluding carboxylic acids is 1. The van der Waals surface area contributed by atoms with Crippen molar-refractivity contribution in [3.05, 3.63) is 82.4 Å². The van der Waals surface area contributed by atoms with Crippen LogP contribution in [-0.4, -0.2) is 21.0 Å². The first-order valence-electron chi connectivity index (χ1n) is 11.5. The molecule has 0 fully saturated rings. The van der Waals surface area contributed by atoms with E-state index < -0.39 is 22.7 Å². The van der Waals surface area contributed by atoms with Gasteiger partial charge in [-0.05, 0) is 54.2 Å². The number of anilines is 1. The van der Waals surface area contributed by atoms with Crippen molar-refractivity contribution < 1.29 is 31.5 Å². The molecule has 0 heterocycles. The van der Waals surface area contributed by atoms with Crippen molar-refractivity contribution in [3.63, 3.8) is 0 Å². The number of amides is 1. The predicted molar refractivity (Wildman–Crippen MR) is 140 cm³/mol. The Morgan fingerprint density at radius 3 is 2.19 bits per heavy atom. The summed E-state index contributed by atoms with van der Waals surface area (Å²) < 4.78 is 64.0. The van der Waals surface area contributed by atoms with Gasteiger partial charge in [0.15, 0.2) is 11.1 Å². The van der Waals surface area contributed by atoms with Gasteiger partial charge in [0, 0.05) is 16.8 Å². The van der Waals surface area contributed by atoms with Gasteiger partial charge in [0.2, 0.25) is 5.91 Å². The minimum atomic E-state index is -4.86. The first-order chi connectivity index (χ1) is 17.3. The van der Waals surface area contributed by atoms with Crippen LogP contribution in [0.4, 0.5) is 18.9 Å². The van der Waals surface area contributed by atoms with Crippen molar-refractivity contribution >= 4 is 34.3 Å². The molecule has 37 heavy (non-hydrogen) atoms. The van der Waals surface area contributed by atoms with Crippen LogP contribution in [0.5, 0.6) is 5.75 Å². The van der Waals surface area contributed by atoms with E-state index in [9.17, 15) is 26.7 Å². The average molecular weight is 554 g/mol. The fourth-order valence-corrected chi connectivity index (χ4v) is 4.49. The van der Waals surface area contributed by atoms with Crippen LogP contribution in [0, 0.1) is 5.92 Å². The molecule has 0 saturated carbocycles. The highest BCUT2D eigenvalue weighted by Gasteiger charge is 2.32. The number of ether oxygens (including phenoxy) is 1. The van der Waals surface area contributed by atoms with Crippen LogP contribution >= 0.6 is 11.6 Å². The minimum Gasteiger partial charge on any atom is -0.405 e. The maximum atomic E-state index is 13.1. The Morgan fingerprint density at radius 1 is 1.00 bits per heavy atom. The molecule has 0 aliphatic carbocycles. The van der Waals surface area contributed by atoms with Gasteiger partial charge in [0.25, 0.3) is 0 Å². The summed E-state index contributed by atoms with van der Waals surface area (Å²) in [6.07, 6.45) is -4.22. The van der Waals surface area contributed by atoms with E-state index in [2.05, 4.69) is 10.1 Å². The highest BCUT2D eigenvalue weighted by molar-refractivity contribution is 7.79. The molecule has 0 aliphatic heterocycles. The molecule has 3 aromatic rings. The van der Waals surface area contributed by atoms with Gasteiger partial charge in [-0.1, -0.05) is 67.9 Å². The van der Waals surface area contributed by atoms with E-state index in [1.165, 1.54) is 18.2 Å². The van der Waals surface area contributed by atoms with Crippen molar-refractivity contribution in [2.45, 2.75) is 45.2 Å². The summed E-state index contributed by atoms with van der Waals surface area (Å²) in [7, 11) is 0. The Bertz CT molecular complexity index is 1280. The second kappa shape index (κ2) is 12.1. The second-order valence-electron chi connectivity index (χ2n) is 9.06. The van der Waals surface area contributed by atoms with Crippen molar-refractivity contribution in [3.8, 4) is 16.9 Å². The monoisotopic (exact) mass is 553 g/mol. The number of alkyl halides is 3. The van der Waals surface area contributed by atoms with E-state index >= 15 is 0 Å². The molecule has 1 amide bonds. The number of nitrogens with one attached hydrogen (secondary N) is 1. The fourth-order valence-electron chi connectivity index (χ4n) is 3.82. The Labute approximate surface area is 221 Å². The molecular formula is C27H27ClF3NO4S. The van der Waals surface area contributed by atoms with Crippen molar-refractivity contribution in [2.75, 3.05) is 5.32 Å². The molecule has 0 aliphatic rings. The average Bonchev–Trinajstić information content (AvgIpc) is 2.78. The lowest BCUT2D eigenvalue weighted by Gasteiger charge is -2.17. The molecule has 0 saturated heterocycles. The number of carbonyl (C=O) groups is 1.